The molecule has 0 spiro atoms. The third kappa shape index (κ3) is 3.12. The number of piperidine rings is 1. The molecule has 0 aromatic carbocycles. The molecule has 1 aromatic heterocycles. The maximum absolute atomic E-state index is 9.45. The van der Waals surface area contributed by atoms with Crippen molar-refractivity contribution in [1.82, 2.24) is 9.80 Å². The minimum Gasteiger partial charge on any atom is -0.396 e. The van der Waals surface area contributed by atoms with Crippen LogP contribution in [0.25, 0.3) is 0 Å². The summed E-state index contributed by atoms with van der Waals surface area (Å²) < 4.78 is 0. The predicted octanol–water partition coefficient (Wildman–Crippen LogP) is 1.80. The quantitative estimate of drug-likeness (QED) is 0.902. The number of aliphatic hydroxyl groups is 1. The van der Waals surface area contributed by atoms with E-state index >= 15 is 0 Å². The van der Waals surface area contributed by atoms with Crippen LogP contribution in [0.2, 0.25) is 0 Å². The summed E-state index contributed by atoms with van der Waals surface area (Å²) in [4.78, 5) is 6.26. The fraction of sp³-hybridized carbons (Fsp3) is 0.714. The Balaban J connectivity index is 1.98. The van der Waals surface area contributed by atoms with Gasteiger partial charge in [0.15, 0.2) is 0 Å². The van der Waals surface area contributed by atoms with Gasteiger partial charge in [-0.15, -0.1) is 11.3 Å². The number of rotatable bonds is 4. The van der Waals surface area contributed by atoms with Gasteiger partial charge in [0.1, 0.15) is 0 Å². The van der Waals surface area contributed by atoms with Crippen LogP contribution in [0.15, 0.2) is 11.4 Å². The fourth-order valence-electron chi connectivity index (χ4n) is 2.76. The second kappa shape index (κ2) is 6.15. The van der Waals surface area contributed by atoms with E-state index in [0.717, 1.165) is 26.1 Å². The minimum absolute atomic E-state index is 0.314. The lowest BCUT2D eigenvalue weighted by molar-refractivity contribution is 0.0464. The number of hydrogen-bond donors (Lipinski definition) is 1. The fourth-order valence-corrected chi connectivity index (χ4v) is 3.70. The molecule has 1 saturated heterocycles. The Kier molecular flexibility index (Phi) is 4.78. The molecule has 4 heteroatoms. The number of hydrogen-bond acceptors (Lipinski definition) is 4. The van der Waals surface area contributed by atoms with Crippen molar-refractivity contribution in [3.8, 4) is 0 Å². The highest BCUT2D eigenvalue weighted by Gasteiger charge is 2.30. The molecule has 0 aliphatic carbocycles. The summed E-state index contributed by atoms with van der Waals surface area (Å²) in [6.07, 6.45) is 1.10. The lowest BCUT2D eigenvalue weighted by Crippen LogP contribution is -2.51. The average Bonchev–Trinajstić information content (AvgIpc) is 2.75. The maximum Gasteiger partial charge on any atom is 0.0475 e. The second-order valence-electron chi connectivity index (χ2n) is 5.52. The molecule has 1 aliphatic rings. The summed E-state index contributed by atoms with van der Waals surface area (Å²) in [6.45, 7) is 5.74. The number of nitrogens with zero attached hydrogens (tertiary/aromatic N) is 2. The minimum atomic E-state index is 0.314. The van der Waals surface area contributed by atoms with Crippen LogP contribution in [0.3, 0.4) is 0 Å². The normalized spacial score (nSPS) is 25.8. The summed E-state index contributed by atoms with van der Waals surface area (Å²) >= 11 is 1.85. The van der Waals surface area contributed by atoms with E-state index in [9.17, 15) is 5.11 Å². The zero-order valence-electron chi connectivity index (χ0n) is 11.6. The topological polar surface area (TPSA) is 26.7 Å². The van der Waals surface area contributed by atoms with Crippen LogP contribution in [-0.4, -0.2) is 54.7 Å². The zero-order chi connectivity index (χ0) is 13.1. The van der Waals surface area contributed by atoms with Gasteiger partial charge in [-0.2, -0.15) is 0 Å². The third-order valence-electron chi connectivity index (χ3n) is 4.04. The molecule has 0 radical (unpaired) electrons. The van der Waals surface area contributed by atoms with Gasteiger partial charge in [0.25, 0.3) is 0 Å². The largest absolute Gasteiger partial charge is 0.396 e. The van der Waals surface area contributed by atoms with Gasteiger partial charge < -0.3 is 10.0 Å². The van der Waals surface area contributed by atoms with Gasteiger partial charge in [-0.1, -0.05) is 0 Å². The highest BCUT2D eigenvalue weighted by molar-refractivity contribution is 7.10. The number of likely N-dealkylation sites (tertiary alicyclic amines) is 1. The van der Waals surface area contributed by atoms with Crippen molar-refractivity contribution in [2.24, 2.45) is 5.92 Å². The van der Waals surface area contributed by atoms with E-state index < -0.39 is 0 Å². The van der Waals surface area contributed by atoms with Crippen molar-refractivity contribution in [3.63, 3.8) is 0 Å². The molecule has 102 valence electrons. The highest BCUT2D eigenvalue weighted by atomic mass is 32.1. The first kappa shape index (κ1) is 14.0. The Morgan fingerprint density at radius 1 is 1.50 bits per heavy atom. The van der Waals surface area contributed by atoms with Crippen molar-refractivity contribution < 1.29 is 5.11 Å². The molecule has 0 saturated carbocycles. The molecule has 0 unspecified atom stereocenters. The SMILES string of the molecule is Cc1ccsc1CN1CC[C@H](CO)[C@H](N(C)C)C1. The average molecular weight is 268 g/mol. The van der Waals surface area contributed by atoms with Gasteiger partial charge >= 0.3 is 0 Å². The molecular formula is C14H24N2OS. The highest BCUT2D eigenvalue weighted by Crippen LogP contribution is 2.24. The van der Waals surface area contributed by atoms with Crippen LogP contribution in [-0.2, 0) is 6.54 Å². The van der Waals surface area contributed by atoms with E-state index in [0.29, 0.717) is 18.6 Å². The van der Waals surface area contributed by atoms with Crippen molar-refractivity contribution >= 4 is 11.3 Å². The molecular weight excluding hydrogens is 244 g/mol. The number of aryl methyl sites for hydroxylation is 1. The molecule has 2 heterocycles. The van der Waals surface area contributed by atoms with Crippen LogP contribution >= 0.6 is 11.3 Å². The first-order valence-electron chi connectivity index (χ1n) is 6.64. The molecule has 2 atom stereocenters. The summed E-state index contributed by atoms with van der Waals surface area (Å²) in [5.74, 6) is 0.431. The third-order valence-corrected chi connectivity index (χ3v) is 5.05. The molecule has 0 amide bonds. The summed E-state index contributed by atoms with van der Waals surface area (Å²) in [5.41, 5.74) is 1.41. The molecule has 1 aliphatic heterocycles. The van der Waals surface area contributed by atoms with E-state index in [4.69, 9.17) is 0 Å². The Labute approximate surface area is 114 Å². The monoisotopic (exact) mass is 268 g/mol. The summed E-state index contributed by atoms with van der Waals surface area (Å²) in [6, 6.07) is 2.67. The van der Waals surface area contributed by atoms with Crippen molar-refractivity contribution in [3.05, 3.63) is 21.9 Å². The van der Waals surface area contributed by atoms with Gasteiger partial charge in [-0.05, 0) is 56.9 Å². The van der Waals surface area contributed by atoms with E-state index in [-0.39, 0.29) is 0 Å². The van der Waals surface area contributed by atoms with Crippen LogP contribution in [0, 0.1) is 12.8 Å². The molecule has 1 fully saturated rings. The van der Waals surface area contributed by atoms with Gasteiger partial charge in [-0.25, -0.2) is 0 Å². The summed E-state index contributed by atoms with van der Waals surface area (Å²) in [7, 11) is 4.24. The molecule has 1 aromatic rings. The molecule has 3 nitrogen and oxygen atoms in total. The lowest BCUT2D eigenvalue weighted by atomic mass is 9.91. The van der Waals surface area contributed by atoms with E-state index in [2.05, 4.69) is 42.3 Å². The lowest BCUT2D eigenvalue weighted by Gasteiger charge is -2.41. The van der Waals surface area contributed by atoms with Gasteiger partial charge in [0.2, 0.25) is 0 Å². The molecule has 18 heavy (non-hydrogen) atoms. The van der Waals surface area contributed by atoms with E-state index in [1.54, 1.807) is 0 Å². The first-order valence-corrected chi connectivity index (χ1v) is 7.52. The van der Waals surface area contributed by atoms with Gasteiger partial charge in [0.05, 0.1) is 0 Å². The number of aliphatic hydroxyl groups excluding tert-OH is 1. The number of likely N-dealkylation sites (N-methyl/N-ethyl adjacent to an activating group) is 1. The van der Waals surface area contributed by atoms with Crippen LogP contribution in [0.5, 0.6) is 0 Å². The van der Waals surface area contributed by atoms with Crippen molar-refractivity contribution in [2.75, 3.05) is 33.8 Å². The zero-order valence-corrected chi connectivity index (χ0v) is 12.4. The molecule has 1 N–H and O–H groups in total. The Morgan fingerprint density at radius 2 is 2.28 bits per heavy atom. The predicted molar refractivity (Wildman–Crippen MR) is 77.0 cm³/mol. The summed E-state index contributed by atoms with van der Waals surface area (Å²) in [5, 5.41) is 11.6. The Morgan fingerprint density at radius 3 is 2.83 bits per heavy atom. The van der Waals surface area contributed by atoms with Crippen molar-refractivity contribution in [2.45, 2.75) is 25.9 Å². The number of thiophene rings is 1. The van der Waals surface area contributed by atoms with Crippen LogP contribution < -0.4 is 0 Å². The van der Waals surface area contributed by atoms with E-state index in [1.807, 2.05) is 11.3 Å². The van der Waals surface area contributed by atoms with Crippen molar-refractivity contribution in [1.29, 1.82) is 0 Å². The second-order valence-corrected chi connectivity index (χ2v) is 6.52. The first-order chi connectivity index (χ1) is 8.61. The van der Waals surface area contributed by atoms with Gasteiger partial charge in [0, 0.05) is 30.6 Å². The smallest absolute Gasteiger partial charge is 0.0475 e. The van der Waals surface area contributed by atoms with E-state index in [1.165, 1.54) is 10.4 Å². The molecule has 0 bridgehead atoms. The van der Waals surface area contributed by atoms with Gasteiger partial charge in [-0.3, -0.25) is 4.90 Å². The standard InChI is InChI=1S/C14H24N2OS/c1-11-5-7-18-14(11)9-16-6-4-12(10-17)13(8-16)15(2)3/h5,7,12-13,17H,4,6,8-10H2,1-3H3/t12-,13-/m1/s1. The maximum atomic E-state index is 9.45. The molecule has 2 rings (SSSR count). The Hall–Kier alpha value is -0.420. The Bertz CT molecular complexity index is 378. The van der Waals surface area contributed by atoms with Crippen LogP contribution in [0.4, 0.5) is 0 Å². The van der Waals surface area contributed by atoms with Crippen LogP contribution in [0.1, 0.15) is 16.9 Å².